The van der Waals surface area contributed by atoms with Crippen molar-refractivity contribution in [2.45, 2.75) is 0 Å². The monoisotopic (exact) mass is 435 g/mol. The van der Waals surface area contributed by atoms with Crippen molar-refractivity contribution in [3.8, 4) is 5.69 Å². The van der Waals surface area contributed by atoms with Crippen LogP contribution in [0.2, 0.25) is 0 Å². The minimum absolute atomic E-state index is 0.728. The van der Waals surface area contributed by atoms with Crippen molar-refractivity contribution < 1.29 is 0 Å². The van der Waals surface area contributed by atoms with E-state index in [4.69, 9.17) is 9.97 Å². The van der Waals surface area contributed by atoms with Crippen molar-refractivity contribution in [1.29, 1.82) is 0 Å². The van der Waals surface area contributed by atoms with Crippen molar-refractivity contribution in [1.82, 2.24) is 23.9 Å². The number of nitrogens with zero attached hydrogens (tertiary/aromatic N) is 5. The van der Waals surface area contributed by atoms with Crippen molar-refractivity contribution >= 4 is 60.4 Å². The maximum Gasteiger partial charge on any atom is 0.178 e. The first-order chi connectivity index (χ1) is 16.9. The second-order valence-electron chi connectivity index (χ2n) is 8.56. The fourth-order valence-corrected chi connectivity index (χ4v) is 5.45. The molecule has 5 heterocycles. The highest BCUT2D eigenvalue weighted by molar-refractivity contribution is 6.29. The fourth-order valence-electron chi connectivity index (χ4n) is 5.45. The Balaban J connectivity index is 1.73. The van der Waals surface area contributed by atoms with Gasteiger partial charge in [-0.2, -0.15) is 0 Å². The lowest BCUT2D eigenvalue weighted by molar-refractivity contribution is 1.18. The Kier molecular flexibility index (Phi) is 3.34. The van der Waals surface area contributed by atoms with E-state index in [0.29, 0.717) is 0 Å². The van der Waals surface area contributed by atoms with E-state index < -0.39 is 0 Å². The zero-order valence-electron chi connectivity index (χ0n) is 18.1. The molecule has 34 heavy (non-hydrogen) atoms. The summed E-state index contributed by atoms with van der Waals surface area (Å²) in [5.41, 5.74) is 6.95. The fraction of sp³-hybridized carbons (Fsp3) is 0. The normalized spacial score (nSPS) is 12.1. The van der Waals surface area contributed by atoms with Gasteiger partial charge in [-0.25, -0.2) is 15.0 Å². The largest absolute Gasteiger partial charge is 0.309 e. The first-order valence-corrected chi connectivity index (χ1v) is 11.3. The highest BCUT2D eigenvalue weighted by atomic mass is 15.1. The van der Waals surface area contributed by atoms with Crippen LogP contribution in [-0.2, 0) is 0 Å². The average Bonchev–Trinajstić information content (AvgIpc) is 3.45. The van der Waals surface area contributed by atoms with Crippen molar-refractivity contribution in [3.05, 3.63) is 103 Å². The first-order valence-electron chi connectivity index (χ1n) is 11.3. The third-order valence-corrected chi connectivity index (χ3v) is 6.80. The van der Waals surface area contributed by atoms with Gasteiger partial charge in [-0.15, -0.1) is 0 Å². The molecule has 0 bridgehead atoms. The quantitative estimate of drug-likeness (QED) is 0.270. The smallest absolute Gasteiger partial charge is 0.178 e. The van der Waals surface area contributed by atoms with Gasteiger partial charge in [-0.1, -0.05) is 42.5 Å². The van der Waals surface area contributed by atoms with Crippen molar-refractivity contribution in [2.75, 3.05) is 0 Å². The lowest BCUT2D eigenvalue weighted by Crippen LogP contribution is -1.95. The van der Waals surface area contributed by atoms with E-state index in [-0.39, 0.29) is 0 Å². The number of rotatable bonds is 1. The zero-order valence-corrected chi connectivity index (χ0v) is 18.1. The summed E-state index contributed by atoms with van der Waals surface area (Å²) >= 11 is 0. The van der Waals surface area contributed by atoms with Crippen LogP contribution < -0.4 is 0 Å². The molecule has 8 aromatic rings. The van der Waals surface area contributed by atoms with Crippen LogP contribution in [0.1, 0.15) is 0 Å². The molecule has 3 aromatic carbocycles. The van der Waals surface area contributed by atoms with Gasteiger partial charge in [0.2, 0.25) is 0 Å². The molecule has 0 unspecified atom stereocenters. The molecule has 5 aromatic heterocycles. The molecule has 0 amide bonds. The van der Waals surface area contributed by atoms with E-state index in [1.54, 1.807) is 6.20 Å². The predicted molar refractivity (Wildman–Crippen MR) is 138 cm³/mol. The molecule has 0 aliphatic heterocycles. The van der Waals surface area contributed by atoms with Crippen LogP contribution in [0.3, 0.4) is 0 Å². The van der Waals surface area contributed by atoms with Crippen LogP contribution in [0.4, 0.5) is 0 Å². The van der Waals surface area contributed by atoms with Gasteiger partial charge in [0.15, 0.2) is 5.65 Å². The molecule has 0 saturated heterocycles. The van der Waals surface area contributed by atoms with E-state index in [9.17, 15) is 0 Å². The summed E-state index contributed by atoms with van der Waals surface area (Å²) in [6.45, 7) is 0. The van der Waals surface area contributed by atoms with E-state index in [0.717, 1.165) is 49.8 Å². The SMILES string of the molecule is c1ccc(-n2c3ccccc3c3c4c(ccc32)c2cccnc2n2c3cccnc3nc42)cc1. The highest BCUT2D eigenvalue weighted by Gasteiger charge is 2.20. The molecule has 5 heteroatoms. The zero-order chi connectivity index (χ0) is 22.2. The molecule has 0 spiro atoms. The van der Waals surface area contributed by atoms with Gasteiger partial charge in [-0.3, -0.25) is 4.40 Å². The number of aromatic nitrogens is 5. The number of benzene rings is 3. The van der Waals surface area contributed by atoms with Gasteiger partial charge >= 0.3 is 0 Å². The van der Waals surface area contributed by atoms with E-state index in [1.165, 1.54) is 16.3 Å². The third kappa shape index (κ3) is 2.16. The summed E-state index contributed by atoms with van der Waals surface area (Å²) in [5.74, 6) is 0. The molecule has 5 nitrogen and oxygen atoms in total. The second kappa shape index (κ2) is 6.39. The molecule has 0 N–H and O–H groups in total. The van der Waals surface area contributed by atoms with Gasteiger partial charge in [0.25, 0.3) is 0 Å². The molecule has 0 aliphatic rings. The van der Waals surface area contributed by atoms with Gasteiger partial charge in [-0.05, 0) is 53.9 Å². The average molecular weight is 435 g/mol. The predicted octanol–water partition coefficient (Wildman–Crippen LogP) is 6.68. The lowest BCUT2D eigenvalue weighted by atomic mass is 10.0. The molecular weight excluding hydrogens is 418 g/mol. The number of hydrogen-bond donors (Lipinski definition) is 0. The van der Waals surface area contributed by atoms with Crippen molar-refractivity contribution in [3.63, 3.8) is 0 Å². The van der Waals surface area contributed by atoms with E-state index in [2.05, 4.69) is 92.8 Å². The summed E-state index contributed by atoms with van der Waals surface area (Å²) < 4.78 is 4.50. The highest BCUT2D eigenvalue weighted by Crippen LogP contribution is 2.41. The van der Waals surface area contributed by atoms with Crippen LogP contribution in [-0.4, -0.2) is 23.9 Å². The maximum absolute atomic E-state index is 5.04. The molecule has 0 fully saturated rings. The summed E-state index contributed by atoms with van der Waals surface area (Å²) in [7, 11) is 0. The minimum atomic E-state index is 0.728. The molecule has 0 atom stereocenters. The van der Waals surface area contributed by atoms with E-state index >= 15 is 0 Å². The molecular formula is C29H17N5. The van der Waals surface area contributed by atoms with Gasteiger partial charge in [0, 0.05) is 39.6 Å². The number of pyridine rings is 3. The summed E-state index contributed by atoms with van der Waals surface area (Å²) in [6, 6.07) is 31.8. The third-order valence-electron chi connectivity index (χ3n) is 6.80. The van der Waals surface area contributed by atoms with Gasteiger partial charge in [0.05, 0.1) is 16.6 Å². The lowest BCUT2D eigenvalue weighted by Gasteiger charge is -2.10. The molecule has 0 radical (unpaired) electrons. The summed E-state index contributed by atoms with van der Waals surface area (Å²) in [4.78, 5) is 14.4. The van der Waals surface area contributed by atoms with E-state index in [1.807, 2.05) is 18.3 Å². The topological polar surface area (TPSA) is 48.0 Å². The molecule has 0 saturated carbocycles. The Bertz CT molecular complexity index is 2070. The number of hydrogen-bond acceptors (Lipinski definition) is 3. The minimum Gasteiger partial charge on any atom is -0.309 e. The first kappa shape index (κ1) is 17.7. The maximum atomic E-state index is 5.04. The Morgan fingerprint density at radius 1 is 0.500 bits per heavy atom. The Morgan fingerprint density at radius 3 is 2.21 bits per heavy atom. The Morgan fingerprint density at radius 2 is 1.26 bits per heavy atom. The second-order valence-corrected chi connectivity index (χ2v) is 8.56. The molecule has 0 aliphatic carbocycles. The number of imidazole rings is 1. The number of fused-ring (bicyclic) bond motifs is 12. The van der Waals surface area contributed by atoms with Gasteiger partial charge in [0.1, 0.15) is 11.3 Å². The molecule has 158 valence electrons. The molecule has 8 rings (SSSR count). The van der Waals surface area contributed by atoms with Crippen LogP contribution in [0.15, 0.2) is 103 Å². The number of para-hydroxylation sites is 2. The van der Waals surface area contributed by atoms with Crippen molar-refractivity contribution in [2.24, 2.45) is 0 Å². The summed E-state index contributed by atoms with van der Waals surface area (Å²) in [5, 5.41) is 5.78. The Hall–Kier alpha value is -4.77. The summed E-state index contributed by atoms with van der Waals surface area (Å²) in [6.07, 6.45) is 3.64. The Labute approximate surface area is 193 Å². The van der Waals surface area contributed by atoms with Crippen LogP contribution in [0.25, 0.3) is 66.1 Å². The van der Waals surface area contributed by atoms with Crippen LogP contribution in [0.5, 0.6) is 0 Å². The standard InChI is InChI=1S/C29H17N5/c1-2-8-18(9-3-1)33-22-12-5-4-10-21(22)25-23(33)15-14-19-20-11-6-17-31-28(20)34-24-13-7-16-30-27(24)32-29(34)26(19)25/h1-17H. The van der Waals surface area contributed by atoms with Crippen LogP contribution >= 0.6 is 0 Å². The van der Waals surface area contributed by atoms with Gasteiger partial charge < -0.3 is 4.57 Å². The van der Waals surface area contributed by atoms with Crippen LogP contribution in [0, 0.1) is 0 Å².